The lowest BCUT2D eigenvalue weighted by atomic mass is 10.0. The van der Waals surface area contributed by atoms with E-state index in [4.69, 9.17) is 4.74 Å². The first kappa shape index (κ1) is 22.1. The number of nitrogens with one attached hydrogen (secondary N) is 1. The molecule has 0 spiro atoms. The maximum Gasteiger partial charge on any atom is 0.285 e. The van der Waals surface area contributed by atoms with Crippen molar-refractivity contribution in [2.45, 2.75) is 45.6 Å². The van der Waals surface area contributed by atoms with E-state index in [1.807, 2.05) is 25.7 Å². The fourth-order valence-electron chi connectivity index (χ4n) is 3.82. The van der Waals surface area contributed by atoms with Crippen molar-refractivity contribution in [1.82, 2.24) is 15.1 Å². The number of nitrogens with zero attached hydrogens (tertiary/aromatic N) is 2. The largest absolute Gasteiger partial charge is 0.494 e. The second kappa shape index (κ2) is 10.9. The minimum atomic E-state index is -2.83. The van der Waals surface area contributed by atoms with Gasteiger partial charge in [-0.15, -0.1) is 0 Å². The molecule has 0 atom stereocenters. The number of rotatable bonds is 6. The highest BCUT2D eigenvalue weighted by atomic mass is 19.3. The van der Waals surface area contributed by atoms with Crippen LogP contribution in [0.1, 0.15) is 39.2 Å². The van der Waals surface area contributed by atoms with Crippen LogP contribution in [0, 0.1) is 0 Å². The third-order valence-corrected chi connectivity index (χ3v) is 5.23. The molecule has 2 aliphatic rings. The molecule has 6 heteroatoms. The van der Waals surface area contributed by atoms with Crippen molar-refractivity contribution in [1.29, 1.82) is 0 Å². The van der Waals surface area contributed by atoms with Crippen LogP contribution in [0.5, 0.6) is 5.75 Å². The molecule has 4 nitrogen and oxygen atoms in total. The fraction of sp³-hybridized carbons (Fsp3) is 0.714. The molecule has 0 aliphatic carbocycles. The van der Waals surface area contributed by atoms with E-state index in [9.17, 15) is 8.78 Å². The molecule has 3 rings (SSSR count). The van der Waals surface area contributed by atoms with Crippen LogP contribution in [0.3, 0.4) is 0 Å². The molecule has 0 radical (unpaired) electrons. The van der Waals surface area contributed by atoms with Crippen molar-refractivity contribution in [2.75, 3.05) is 52.4 Å². The summed E-state index contributed by atoms with van der Waals surface area (Å²) >= 11 is 0. The highest BCUT2D eigenvalue weighted by Gasteiger charge is 2.36. The van der Waals surface area contributed by atoms with Gasteiger partial charge in [-0.3, -0.25) is 9.80 Å². The van der Waals surface area contributed by atoms with Crippen LogP contribution >= 0.6 is 0 Å². The van der Waals surface area contributed by atoms with Crippen LogP contribution in [-0.4, -0.2) is 68.3 Å². The van der Waals surface area contributed by atoms with Gasteiger partial charge in [-0.25, -0.2) is 0 Å². The first-order chi connectivity index (χ1) is 13.1. The van der Waals surface area contributed by atoms with E-state index in [0.717, 1.165) is 52.1 Å². The minimum Gasteiger partial charge on any atom is -0.494 e. The van der Waals surface area contributed by atoms with Crippen molar-refractivity contribution >= 4 is 0 Å². The summed E-state index contributed by atoms with van der Waals surface area (Å²) in [5, 5.41) is 3.36. The Hall–Kier alpha value is -1.24. The molecule has 2 fully saturated rings. The molecular weight excluding hydrogens is 348 g/mol. The molecule has 154 valence electrons. The lowest BCUT2D eigenvalue weighted by Crippen LogP contribution is -2.52. The maximum atomic E-state index is 14.6. The zero-order valence-electron chi connectivity index (χ0n) is 17.0. The van der Waals surface area contributed by atoms with Gasteiger partial charge in [0.2, 0.25) is 0 Å². The average molecular weight is 384 g/mol. The number of hydrogen-bond acceptors (Lipinski definition) is 4. The Balaban J connectivity index is 0.00000126. The number of alkyl halides is 2. The zero-order valence-corrected chi connectivity index (χ0v) is 17.0. The summed E-state index contributed by atoms with van der Waals surface area (Å²) < 4.78 is 34.5. The van der Waals surface area contributed by atoms with Gasteiger partial charge in [-0.2, -0.15) is 8.78 Å². The van der Waals surface area contributed by atoms with E-state index in [1.165, 1.54) is 12.1 Å². The maximum absolute atomic E-state index is 14.6. The Labute approximate surface area is 162 Å². The molecule has 2 aliphatic heterocycles. The predicted octanol–water partition coefficient (Wildman–Crippen LogP) is 3.57. The normalized spacial score (nSPS) is 20.0. The Morgan fingerprint density at radius 3 is 2.19 bits per heavy atom. The molecule has 2 heterocycles. The summed E-state index contributed by atoms with van der Waals surface area (Å²) in [6.07, 6.45) is 1.97. The van der Waals surface area contributed by atoms with E-state index in [1.54, 1.807) is 12.1 Å². The first-order valence-corrected chi connectivity index (χ1v) is 10.4. The smallest absolute Gasteiger partial charge is 0.285 e. The van der Waals surface area contributed by atoms with Gasteiger partial charge in [0.25, 0.3) is 5.92 Å². The Kier molecular flexibility index (Phi) is 8.93. The standard InChI is InChI=1S/C19H29F2N3O.C2H6/c1-2-25-18-5-3-16(4-6-18)19(20,21)15-23-11-7-17(8-12-23)24-13-9-22-10-14-24;1-2/h3-6,17,22H,2,7-15H2,1H3;1-2H3. The molecule has 2 saturated heterocycles. The van der Waals surface area contributed by atoms with Gasteiger partial charge in [-0.05, 0) is 57.1 Å². The van der Waals surface area contributed by atoms with E-state index in [2.05, 4.69) is 10.2 Å². The van der Waals surface area contributed by atoms with Crippen molar-refractivity contribution in [3.05, 3.63) is 29.8 Å². The number of benzene rings is 1. The lowest BCUT2D eigenvalue weighted by molar-refractivity contribution is -0.0472. The van der Waals surface area contributed by atoms with E-state index in [0.29, 0.717) is 18.4 Å². The Morgan fingerprint density at radius 2 is 1.63 bits per heavy atom. The molecule has 0 aromatic heterocycles. The number of hydrogen-bond donors (Lipinski definition) is 1. The average Bonchev–Trinajstić information content (AvgIpc) is 2.71. The van der Waals surface area contributed by atoms with Gasteiger partial charge in [0.15, 0.2) is 0 Å². The van der Waals surface area contributed by atoms with Crippen LogP contribution in [-0.2, 0) is 5.92 Å². The van der Waals surface area contributed by atoms with Gasteiger partial charge in [0.1, 0.15) is 5.75 Å². The van der Waals surface area contributed by atoms with Gasteiger partial charge in [0.05, 0.1) is 13.2 Å². The summed E-state index contributed by atoms with van der Waals surface area (Å²) in [6, 6.07) is 6.78. The molecule has 0 amide bonds. The minimum absolute atomic E-state index is 0.0696. The lowest BCUT2D eigenvalue weighted by Gasteiger charge is -2.41. The third kappa shape index (κ3) is 6.40. The van der Waals surface area contributed by atoms with E-state index in [-0.39, 0.29) is 12.1 Å². The summed E-state index contributed by atoms with van der Waals surface area (Å²) in [7, 11) is 0. The van der Waals surface area contributed by atoms with Crippen molar-refractivity contribution in [2.24, 2.45) is 0 Å². The van der Waals surface area contributed by atoms with Crippen molar-refractivity contribution in [3.8, 4) is 5.75 Å². The first-order valence-electron chi connectivity index (χ1n) is 10.4. The van der Waals surface area contributed by atoms with Crippen LogP contribution in [0.25, 0.3) is 0 Å². The quantitative estimate of drug-likeness (QED) is 0.813. The summed E-state index contributed by atoms with van der Waals surface area (Å²) in [5.74, 6) is -2.19. The number of halogens is 2. The molecule has 27 heavy (non-hydrogen) atoms. The van der Waals surface area contributed by atoms with E-state index >= 15 is 0 Å². The van der Waals surface area contributed by atoms with Crippen LogP contribution in [0.2, 0.25) is 0 Å². The molecule has 1 aromatic rings. The Bertz CT molecular complexity index is 525. The second-order valence-electron chi connectivity index (χ2n) is 6.96. The highest BCUT2D eigenvalue weighted by molar-refractivity contribution is 5.30. The van der Waals surface area contributed by atoms with Gasteiger partial charge < -0.3 is 10.1 Å². The van der Waals surface area contributed by atoms with E-state index < -0.39 is 5.92 Å². The van der Waals surface area contributed by atoms with Gasteiger partial charge in [-0.1, -0.05) is 13.8 Å². The Morgan fingerprint density at radius 1 is 1.04 bits per heavy atom. The van der Waals surface area contributed by atoms with Crippen molar-refractivity contribution < 1.29 is 13.5 Å². The molecule has 0 unspecified atom stereocenters. The van der Waals surface area contributed by atoms with Crippen LogP contribution < -0.4 is 10.1 Å². The SMILES string of the molecule is CC.CCOc1ccc(C(F)(F)CN2CCC(N3CCNCC3)CC2)cc1. The summed E-state index contributed by atoms with van der Waals surface area (Å²) in [4.78, 5) is 4.42. The number of likely N-dealkylation sites (tertiary alicyclic amines) is 1. The number of piperazine rings is 1. The predicted molar refractivity (Wildman–Crippen MR) is 107 cm³/mol. The number of ether oxygens (including phenoxy) is 1. The third-order valence-electron chi connectivity index (χ3n) is 5.23. The summed E-state index contributed by atoms with van der Waals surface area (Å²) in [6.45, 7) is 12.0. The van der Waals surface area contributed by atoms with Crippen molar-refractivity contribution in [3.63, 3.8) is 0 Å². The van der Waals surface area contributed by atoms with Gasteiger partial charge in [0, 0.05) is 37.8 Å². The monoisotopic (exact) mass is 383 g/mol. The zero-order chi connectivity index (χ0) is 19.7. The molecule has 1 aromatic carbocycles. The summed E-state index contributed by atoms with van der Waals surface area (Å²) in [5.41, 5.74) is 0.0696. The second-order valence-corrected chi connectivity index (χ2v) is 6.96. The molecule has 1 N–H and O–H groups in total. The molecule has 0 saturated carbocycles. The van der Waals surface area contributed by atoms with Gasteiger partial charge >= 0.3 is 0 Å². The topological polar surface area (TPSA) is 27.7 Å². The number of piperidine rings is 1. The molecule has 0 bridgehead atoms. The van der Waals surface area contributed by atoms with Crippen LogP contribution in [0.15, 0.2) is 24.3 Å². The van der Waals surface area contributed by atoms with Crippen LogP contribution in [0.4, 0.5) is 8.78 Å². The highest BCUT2D eigenvalue weighted by Crippen LogP contribution is 2.31. The fourth-order valence-corrected chi connectivity index (χ4v) is 3.82. The molecular formula is C21H35F2N3O.